The number of carbonyl (C=O) groups is 1. The first-order valence-electron chi connectivity index (χ1n) is 5.79. The summed E-state index contributed by atoms with van der Waals surface area (Å²) in [5.74, 6) is 0.00974. The van der Waals surface area contributed by atoms with Crippen LogP contribution in [0.3, 0.4) is 0 Å². The van der Waals surface area contributed by atoms with E-state index in [0.717, 1.165) is 4.90 Å². The van der Waals surface area contributed by atoms with E-state index in [2.05, 4.69) is 0 Å². The van der Waals surface area contributed by atoms with Gasteiger partial charge in [-0.2, -0.15) is 0 Å². The number of Topliss-reactive ketones (excluding diaryl/α,β-unsaturated/α-hetero) is 1. The normalized spacial score (nSPS) is 12.2. The highest BCUT2D eigenvalue weighted by Gasteiger charge is 2.19. The second-order valence-electron chi connectivity index (χ2n) is 4.06. The molecule has 0 aliphatic carbocycles. The summed E-state index contributed by atoms with van der Waals surface area (Å²) in [5, 5.41) is 0.740. The summed E-state index contributed by atoms with van der Waals surface area (Å²) in [4.78, 5) is 13.4. The molecule has 0 bridgehead atoms. The van der Waals surface area contributed by atoms with Gasteiger partial charge >= 0.3 is 0 Å². The van der Waals surface area contributed by atoms with Crippen LogP contribution in [0.5, 0.6) is 0 Å². The maximum atomic E-state index is 12.3. The van der Waals surface area contributed by atoms with Gasteiger partial charge < -0.3 is 0 Å². The first-order valence-corrected chi connectivity index (χ1v) is 7.42. The number of rotatable bonds is 4. The summed E-state index contributed by atoms with van der Waals surface area (Å²) in [7, 11) is 0. The van der Waals surface area contributed by atoms with Crippen molar-refractivity contribution >= 4 is 40.7 Å². The second kappa shape index (κ2) is 6.47. The molecule has 98 valence electrons. The molecule has 0 saturated carbocycles. The van der Waals surface area contributed by atoms with Crippen molar-refractivity contribution in [1.82, 2.24) is 0 Å². The molecule has 0 heterocycles. The predicted molar refractivity (Wildman–Crippen MR) is 82.6 cm³/mol. The third kappa shape index (κ3) is 3.75. The van der Waals surface area contributed by atoms with Crippen LogP contribution < -0.4 is 0 Å². The molecule has 0 fully saturated rings. The third-order valence-corrected chi connectivity index (χ3v) is 4.28. The van der Waals surface area contributed by atoms with Crippen LogP contribution in [0, 0.1) is 0 Å². The summed E-state index contributed by atoms with van der Waals surface area (Å²) in [5.41, 5.74) is 0.516. The number of thioether (sulfide) groups is 1. The molecule has 19 heavy (non-hydrogen) atoms. The monoisotopic (exact) mass is 310 g/mol. The Hall–Kier alpha value is -0.960. The maximum Gasteiger partial charge on any atom is 0.177 e. The van der Waals surface area contributed by atoms with Crippen LogP contribution in [0.25, 0.3) is 0 Å². The Labute approximate surface area is 126 Å². The zero-order valence-corrected chi connectivity index (χ0v) is 12.6. The fourth-order valence-electron chi connectivity index (χ4n) is 1.66. The fraction of sp³-hybridized carbons (Fsp3) is 0.133. The Bertz CT molecular complexity index is 584. The largest absolute Gasteiger partial charge is 0.293 e. The minimum Gasteiger partial charge on any atom is -0.293 e. The van der Waals surface area contributed by atoms with Crippen molar-refractivity contribution in [2.24, 2.45) is 0 Å². The lowest BCUT2D eigenvalue weighted by molar-refractivity contribution is 0.0994. The van der Waals surface area contributed by atoms with Crippen molar-refractivity contribution in [3.63, 3.8) is 0 Å². The highest BCUT2D eigenvalue weighted by atomic mass is 35.5. The molecule has 0 aromatic heterocycles. The van der Waals surface area contributed by atoms with E-state index in [1.54, 1.807) is 18.2 Å². The smallest absolute Gasteiger partial charge is 0.177 e. The van der Waals surface area contributed by atoms with E-state index in [-0.39, 0.29) is 11.0 Å². The van der Waals surface area contributed by atoms with E-state index in [9.17, 15) is 4.79 Å². The molecule has 0 N–H and O–H groups in total. The maximum absolute atomic E-state index is 12.3. The Balaban J connectivity index is 2.15. The predicted octanol–water partition coefficient (Wildman–Crippen LogP) is 5.36. The van der Waals surface area contributed by atoms with Crippen molar-refractivity contribution in [1.29, 1.82) is 0 Å². The Morgan fingerprint density at radius 3 is 2.42 bits per heavy atom. The molecule has 2 aromatic carbocycles. The van der Waals surface area contributed by atoms with Crippen molar-refractivity contribution in [3.05, 3.63) is 64.1 Å². The van der Waals surface area contributed by atoms with E-state index < -0.39 is 0 Å². The molecule has 1 nitrogen and oxygen atoms in total. The van der Waals surface area contributed by atoms with Gasteiger partial charge in [-0.15, -0.1) is 11.8 Å². The highest BCUT2D eigenvalue weighted by molar-refractivity contribution is 8.00. The van der Waals surface area contributed by atoms with E-state index in [0.29, 0.717) is 15.6 Å². The highest BCUT2D eigenvalue weighted by Crippen LogP contribution is 2.28. The van der Waals surface area contributed by atoms with Crippen molar-refractivity contribution in [2.45, 2.75) is 17.1 Å². The average Bonchev–Trinajstić information content (AvgIpc) is 2.39. The fourth-order valence-corrected chi connectivity index (χ4v) is 3.12. The van der Waals surface area contributed by atoms with Gasteiger partial charge in [0.05, 0.1) is 10.3 Å². The van der Waals surface area contributed by atoms with E-state index in [1.165, 1.54) is 11.8 Å². The van der Waals surface area contributed by atoms with Crippen LogP contribution in [0.1, 0.15) is 17.3 Å². The summed E-state index contributed by atoms with van der Waals surface area (Å²) in [6.45, 7) is 1.88. The van der Waals surface area contributed by atoms with E-state index >= 15 is 0 Å². The Morgan fingerprint density at radius 2 is 1.79 bits per heavy atom. The Kier molecular flexibility index (Phi) is 4.92. The zero-order valence-electron chi connectivity index (χ0n) is 10.3. The lowest BCUT2D eigenvalue weighted by Gasteiger charge is -2.11. The zero-order chi connectivity index (χ0) is 13.8. The Morgan fingerprint density at radius 1 is 1.11 bits per heavy atom. The minimum atomic E-state index is -0.193. The summed E-state index contributed by atoms with van der Waals surface area (Å²) < 4.78 is 0. The number of hydrogen-bond donors (Lipinski definition) is 0. The lowest BCUT2D eigenvalue weighted by atomic mass is 10.1. The molecular weight excluding hydrogens is 299 g/mol. The average molecular weight is 311 g/mol. The molecule has 0 aliphatic rings. The summed E-state index contributed by atoms with van der Waals surface area (Å²) >= 11 is 13.4. The van der Waals surface area contributed by atoms with Gasteiger partial charge in [0, 0.05) is 15.5 Å². The quantitative estimate of drug-likeness (QED) is 0.559. The SMILES string of the molecule is CC(Sc1ccccc1)C(=O)c1ccc(Cl)cc1Cl. The number of ketones is 1. The van der Waals surface area contributed by atoms with Crippen LogP contribution in [0.2, 0.25) is 10.0 Å². The summed E-state index contributed by atoms with van der Waals surface area (Å²) in [6.07, 6.45) is 0. The molecule has 0 saturated heterocycles. The van der Waals surface area contributed by atoms with Gasteiger partial charge in [0.15, 0.2) is 5.78 Å². The molecule has 1 unspecified atom stereocenters. The third-order valence-electron chi connectivity index (χ3n) is 2.62. The van der Waals surface area contributed by atoms with Crippen LogP contribution in [-0.2, 0) is 0 Å². The number of halogens is 2. The topological polar surface area (TPSA) is 17.1 Å². The lowest BCUT2D eigenvalue weighted by Crippen LogP contribution is -2.13. The minimum absolute atomic E-state index is 0.00974. The molecule has 2 aromatic rings. The summed E-state index contributed by atoms with van der Waals surface area (Å²) in [6, 6.07) is 14.8. The molecule has 1 atom stereocenters. The van der Waals surface area contributed by atoms with E-state index in [1.807, 2.05) is 37.3 Å². The molecule has 0 aliphatic heterocycles. The van der Waals surface area contributed by atoms with Gasteiger partial charge in [-0.05, 0) is 37.3 Å². The second-order valence-corrected chi connectivity index (χ2v) is 6.32. The molecule has 4 heteroatoms. The molecular formula is C15H12Cl2OS. The van der Waals surface area contributed by atoms with Crippen LogP contribution in [-0.4, -0.2) is 11.0 Å². The first kappa shape index (κ1) is 14.4. The molecule has 0 radical (unpaired) electrons. The van der Waals surface area contributed by atoms with Crippen LogP contribution in [0.15, 0.2) is 53.4 Å². The van der Waals surface area contributed by atoms with Crippen molar-refractivity contribution in [2.75, 3.05) is 0 Å². The van der Waals surface area contributed by atoms with Crippen molar-refractivity contribution in [3.8, 4) is 0 Å². The molecule has 2 rings (SSSR count). The van der Waals surface area contributed by atoms with Gasteiger partial charge in [-0.3, -0.25) is 4.79 Å². The van der Waals surface area contributed by atoms with Gasteiger partial charge in [0.25, 0.3) is 0 Å². The first-order chi connectivity index (χ1) is 9.08. The number of benzene rings is 2. The van der Waals surface area contributed by atoms with E-state index in [4.69, 9.17) is 23.2 Å². The van der Waals surface area contributed by atoms with Gasteiger partial charge in [-0.1, -0.05) is 41.4 Å². The standard InChI is InChI=1S/C15H12Cl2OS/c1-10(19-12-5-3-2-4-6-12)15(18)13-8-7-11(16)9-14(13)17/h2-10H,1H3. The molecule has 0 amide bonds. The molecule has 0 spiro atoms. The van der Waals surface area contributed by atoms with Gasteiger partial charge in [0.2, 0.25) is 0 Å². The van der Waals surface area contributed by atoms with Gasteiger partial charge in [-0.25, -0.2) is 0 Å². The van der Waals surface area contributed by atoms with Gasteiger partial charge in [0.1, 0.15) is 0 Å². The van der Waals surface area contributed by atoms with Crippen molar-refractivity contribution < 1.29 is 4.79 Å². The number of hydrogen-bond acceptors (Lipinski definition) is 2. The number of carbonyl (C=O) groups excluding carboxylic acids is 1. The van der Waals surface area contributed by atoms with Crippen LogP contribution in [0.4, 0.5) is 0 Å². The van der Waals surface area contributed by atoms with Crippen LogP contribution >= 0.6 is 35.0 Å².